The summed E-state index contributed by atoms with van der Waals surface area (Å²) in [4.78, 5) is 14.2. The maximum Gasteiger partial charge on any atom is 0.257 e. The Morgan fingerprint density at radius 3 is 2.80 bits per heavy atom. The molecule has 1 amide bonds. The fourth-order valence-corrected chi connectivity index (χ4v) is 2.44. The van der Waals surface area contributed by atoms with Crippen LogP contribution in [-0.2, 0) is 4.74 Å². The van der Waals surface area contributed by atoms with Gasteiger partial charge in [-0.1, -0.05) is 30.3 Å². The summed E-state index contributed by atoms with van der Waals surface area (Å²) in [5, 5.41) is 0. The zero-order valence-corrected chi connectivity index (χ0v) is 11.4. The molecular formula is C16H17NO3. The average molecular weight is 271 g/mol. The van der Waals surface area contributed by atoms with E-state index >= 15 is 0 Å². The van der Waals surface area contributed by atoms with Crippen molar-refractivity contribution < 1.29 is 13.9 Å². The quantitative estimate of drug-likeness (QED) is 0.843. The molecule has 0 radical (unpaired) electrons. The third-order valence-electron chi connectivity index (χ3n) is 3.50. The Morgan fingerprint density at radius 1 is 1.30 bits per heavy atom. The summed E-state index contributed by atoms with van der Waals surface area (Å²) < 4.78 is 11.0. The van der Waals surface area contributed by atoms with Crippen molar-refractivity contribution in [3.8, 4) is 0 Å². The van der Waals surface area contributed by atoms with Crippen molar-refractivity contribution in [2.75, 3.05) is 19.7 Å². The second-order valence-corrected chi connectivity index (χ2v) is 4.97. The molecule has 4 nitrogen and oxygen atoms in total. The first kappa shape index (κ1) is 12.9. The van der Waals surface area contributed by atoms with Crippen LogP contribution in [0.15, 0.2) is 47.1 Å². The van der Waals surface area contributed by atoms with Gasteiger partial charge in [-0.2, -0.15) is 0 Å². The van der Waals surface area contributed by atoms with E-state index in [2.05, 4.69) is 0 Å². The molecule has 1 unspecified atom stereocenters. The van der Waals surface area contributed by atoms with Gasteiger partial charge in [-0.05, 0) is 18.6 Å². The smallest absolute Gasteiger partial charge is 0.257 e. The van der Waals surface area contributed by atoms with Gasteiger partial charge in [0.2, 0.25) is 0 Å². The number of carbonyl (C=O) groups is 1. The molecule has 2 aromatic rings. The zero-order valence-electron chi connectivity index (χ0n) is 11.4. The Labute approximate surface area is 118 Å². The van der Waals surface area contributed by atoms with E-state index in [0.717, 1.165) is 11.3 Å². The highest BCUT2D eigenvalue weighted by Crippen LogP contribution is 2.23. The number of hydrogen-bond donors (Lipinski definition) is 0. The van der Waals surface area contributed by atoms with Crippen LogP contribution in [0.3, 0.4) is 0 Å². The molecule has 1 aromatic carbocycles. The van der Waals surface area contributed by atoms with Gasteiger partial charge in [0, 0.05) is 6.54 Å². The summed E-state index contributed by atoms with van der Waals surface area (Å²) in [6.07, 6.45) is 1.46. The SMILES string of the molecule is Cc1cc(C(=O)N2CCOC(c3ccccc3)C2)co1. The molecule has 104 valence electrons. The summed E-state index contributed by atoms with van der Waals surface area (Å²) in [6, 6.07) is 11.8. The fourth-order valence-electron chi connectivity index (χ4n) is 2.44. The maximum atomic E-state index is 12.4. The molecule has 0 bridgehead atoms. The van der Waals surface area contributed by atoms with E-state index in [4.69, 9.17) is 9.15 Å². The minimum atomic E-state index is -0.0538. The third-order valence-corrected chi connectivity index (χ3v) is 3.50. The van der Waals surface area contributed by atoms with Gasteiger partial charge in [-0.15, -0.1) is 0 Å². The number of morpholine rings is 1. The first-order chi connectivity index (χ1) is 9.74. The molecule has 0 N–H and O–H groups in total. The highest BCUT2D eigenvalue weighted by Gasteiger charge is 2.26. The Kier molecular flexibility index (Phi) is 3.56. The van der Waals surface area contributed by atoms with Gasteiger partial charge in [0.1, 0.15) is 18.1 Å². The highest BCUT2D eigenvalue weighted by molar-refractivity contribution is 5.94. The molecule has 0 aliphatic carbocycles. The molecule has 3 rings (SSSR count). The highest BCUT2D eigenvalue weighted by atomic mass is 16.5. The van der Waals surface area contributed by atoms with Crippen LogP contribution in [0, 0.1) is 6.92 Å². The van der Waals surface area contributed by atoms with Crippen LogP contribution < -0.4 is 0 Å². The Balaban J connectivity index is 1.74. The number of nitrogens with zero attached hydrogens (tertiary/aromatic N) is 1. The van der Waals surface area contributed by atoms with Crippen LogP contribution in [0.1, 0.15) is 27.8 Å². The molecule has 1 fully saturated rings. The molecule has 1 atom stereocenters. The average Bonchev–Trinajstić information content (AvgIpc) is 2.94. The van der Waals surface area contributed by atoms with E-state index < -0.39 is 0 Å². The molecule has 2 heterocycles. The second kappa shape index (κ2) is 5.51. The minimum Gasteiger partial charge on any atom is -0.469 e. The van der Waals surface area contributed by atoms with Gasteiger partial charge in [0.05, 0.1) is 18.7 Å². The zero-order chi connectivity index (χ0) is 13.9. The first-order valence-electron chi connectivity index (χ1n) is 6.75. The summed E-state index contributed by atoms with van der Waals surface area (Å²) in [5.74, 6) is 0.757. The number of amides is 1. The normalized spacial score (nSPS) is 19.1. The van der Waals surface area contributed by atoms with E-state index in [1.807, 2.05) is 42.2 Å². The van der Waals surface area contributed by atoms with Crippen molar-refractivity contribution in [1.29, 1.82) is 0 Å². The summed E-state index contributed by atoms with van der Waals surface area (Å²) in [5.41, 5.74) is 1.71. The molecule has 20 heavy (non-hydrogen) atoms. The monoisotopic (exact) mass is 271 g/mol. The van der Waals surface area contributed by atoms with Gasteiger partial charge in [0.15, 0.2) is 0 Å². The van der Waals surface area contributed by atoms with Crippen LogP contribution in [-0.4, -0.2) is 30.5 Å². The first-order valence-corrected chi connectivity index (χ1v) is 6.75. The van der Waals surface area contributed by atoms with Gasteiger partial charge < -0.3 is 14.1 Å². The molecule has 0 spiro atoms. The fraction of sp³-hybridized carbons (Fsp3) is 0.312. The Hall–Kier alpha value is -2.07. The largest absolute Gasteiger partial charge is 0.469 e. The maximum absolute atomic E-state index is 12.4. The molecule has 0 saturated carbocycles. The lowest BCUT2D eigenvalue weighted by Gasteiger charge is -2.33. The summed E-state index contributed by atoms with van der Waals surface area (Å²) in [7, 11) is 0. The molecule has 1 aliphatic heterocycles. The molecular weight excluding hydrogens is 254 g/mol. The van der Waals surface area contributed by atoms with Crippen LogP contribution in [0.25, 0.3) is 0 Å². The second-order valence-electron chi connectivity index (χ2n) is 4.97. The number of hydrogen-bond acceptors (Lipinski definition) is 3. The summed E-state index contributed by atoms with van der Waals surface area (Å²) >= 11 is 0. The number of furan rings is 1. The number of carbonyl (C=O) groups excluding carboxylic acids is 1. The predicted molar refractivity (Wildman–Crippen MR) is 74.5 cm³/mol. The van der Waals surface area contributed by atoms with Crippen LogP contribution in [0.2, 0.25) is 0 Å². The van der Waals surface area contributed by atoms with E-state index in [1.54, 1.807) is 6.07 Å². The van der Waals surface area contributed by atoms with Crippen molar-refractivity contribution in [3.63, 3.8) is 0 Å². The van der Waals surface area contributed by atoms with Crippen molar-refractivity contribution in [2.24, 2.45) is 0 Å². The van der Waals surface area contributed by atoms with Gasteiger partial charge in [-0.25, -0.2) is 0 Å². The van der Waals surface area contributed by atoms with Gasteiger partial charge >= 0.3 is 0 Å². The van der Waals surface area contributed by atoms with Crippen molar-refractivity contribution >= 4 is 5.91 Å². The van der Waals surface area contributed by atoms with Gasteiger partial charge in [-0.3, -0.25) is 4.79 Å². The van der Waals surface area contributed by atoms with Gasteiger partial charge in [0.25, 0.3) is 5.91 Å². The van der Waals surface area contributed by atoms with Crippen LogP contribution >= 0.6 is 0 Å². The molecule has 4 heteroatoms. The lowest BCUT2D eigenvalue weighted by molar-refractivity contribution is -0.0228. The minimum absolute atomic E-state index is 0.00563. The molecule has 1 aliphatic rings. The van der Waals surface area contributed by atoms with E-state index in [0.29, 0.717) is 25.3 Å². The van der Waals surface area contributed by atoms with Crippen molar-refractivity contribution in [1.82, 2.24) is 4.90 Å². The number of ether oxygens (including phenoxy) is 1. The topological polar surface area (TPSA) is 42.7 Å². The third kappa shape index (κ3) is 2.60. The molecule has 1 saturated heterocycles. The number of aryl methyl sites for hydroxylation is 1. The lowest BCUT2D eigenvalue weighted by atomic mass is 10.1. The van der Waals surface area contributed by atoms with Crippen LogP contribution in [0.5, 0.6) is 0 Å². The lowest BCUT2D eigenvalue weighted by Crippen LogP contribution is -2.42. The van der Waals surface area contributed by atoms with Crippen molar-refractivity contribution in [2.45, 2.75) is 13.0 Å². The number of benzene rings is 1. The van der Waals surface area contributed by atoms with Crippen LogP contribution in [0.4, 0.5) is 0 Å². The van der Waals surface area contributed by atoms with E-state index in [1.165, 1.54) is 6.26 Å². The molecule has 1 aromatic heterocycles. The predicted octanol–water partition coefficient (Wildman–Crippen LogP) is 2.80. The summed E-state index contributed by atoms with van der Waals surface area (Å²) in [6.45, 7) is 3.59. The van der Waals surface area contributed by atoms with Crippen molar-refractivity contribution in [3.05, 3.63) is 59.5 Å². The standard InChI is InChI=1S/C16H17NO3/c1-12-9-14(11-20-12)16(18)17-7-8-19-15(10-17)13-5-3-2-4-6-13/h2-6,9,11,15H,7-8,10H2,1H3. The van der Waals surface area contributed by atoms with E-state index in [-0.39, 0.29) is 12.0 Å². The Morgan fingerprint density at radius 2 is 2.10 bits per heavy atom. The Bertz CT molecular complexity index is 591. The number of rotatable bonds is 2. The van der Waals surface area contributed by atoms with E-state index in [9.17, 15) is 4.79 Å².